The Morgan fingerprint density at radius 3 is 2.96 bits per heavy atom. The van der Waals surface area contributed by atoms with Crippen molar-refractivity contribution >= 4 is 22.4 Å². The van der Waals surface area contributed by atoms with Gasteiger partial charge in [-0.2, -0.15) is 5.10 Å². The van der Waals surface area contributed by atoms with E-state index in [1.807, 2.05) is 0 Å². The van der Waals surface area contributed by atoms with Gasteiger partial charge in [-0.25, -0.2) is 9.37 Å². The number of carbonyl (C=O) groups excluding carboxylic acids is 1. The molecule has 1 N–H and O–H groups in total. The average Bonchev–Trinajstić information content (AvgIpc) is 3.16. The van der Waals surface area contributed by atoms with Gasteiger partial charge in [-0.3, -0.25) is 14.8 Å². The number of ether oxygens (including phenoxy) is 1. The van der Waals surface area contributed by atoms with Crippen LogP contribution in [0, 0.1) is 5.82 Å². The van der Waals surface area contributed by atoms with E-state index in [0.29, 0.717) is 27.7 Å². The first kappa shape index (κ1) is 15.2. The summed E-state index contributed by atoms with van der Waals surface area (Å²) in [5.41, 5.74) is 1.51. The number of aromatic nitrogens is 3. The zero-order valence-corrected chi connectivity index (χ0v) is 13.2. The van der Waals surface area contributed by atoms with E-state index in [-0.39, 0.29) is 11.7 Å². The van der Waals surface area contributed by atoms with Gasteiger partial charge in [-0.1, -0.05) is 0 Å². The molecule has 0 aliphatic heterocycles. The first-order valence-electron chi connectivity index (χ1n) is 6.66. The SMILES string of the molecule is COc1ccc(F)cc1-c1csc(NC(=O)c2cnn(C)c2)n1. The molecule has 2 aromatic heterocycles. The van der Waals surface area contributed by atoms with Gasteiger partial charge in [0.15, 0.2) is 5.13 Å². The summed E-state index contributed by atoms with van der Waals surface area (Å²) in [5.74, 6) is -0.165. The highest BCUT2D eigenvalue weighted by Gasteiger charge is 2.14. The van der Waals surface area contributed by atoms with Crippen LogP contribution >= 0.6 is 11.3 Å². The lowest BCUT2D eigenvalue weighted by Crippen LogP contribution is -2.10. The van der Waals surface area contributed by atoms with Crippen LogP contribution in [0.25, 0.3) is 11.3 Å². The molecule has 0 radical (unpaired) electrons. The second kappa shape index (κ2) is 6.17. The molecule has 0 saturated carbocycles. The van der Waals surface area contributed by atoms with Crippen molar-refractivity contribution in [1.82, 2.24) is 14.8 Å². The first-order chi connectivity index (χ1) is 11.1. The number of carbonyl (C=O) groups is 1. The van der Waals surface area contributed by atoms with Crippen molar-refractivity contribution < 1.29 is 13.9 Å². The van der Waals surface area contributed by atoms with Crippen molar-refractivity contribution in [3.05, 3.63) is 47.4 Å². The molecule has 0 atom stereocenters. The van der Waals surface area contributed by atoms with Crippen molar-refractivity contribution in [2.45, 2.75) is 0 Å². The number of nitrogens with zero attached hydrogens (tertiary/aromatic N) is 3. The number of halogens is 1. The lowest BCUT2D eigenvalue weighted by molar-refractivity contribution is 0.102. The first-order valence-corrected chi connectivity index (χ1v) is 7.54. The number of hydrogen-bond donors (Lipinski definition) is 1. The van der Waals surface area contributed by atoms with Crippen LogP contribution in [0.3, 0.4) is 0 Å². The minimum atomic E-state index is -0.380. The molecule has 6 nitrogen and oxygen atoms in total. The van der Waals surface area contributed by atoms with Crippen LogP contribution in [0.4, 0.5) is 9.52 Å². The molecule has 0 fully saturated rings. The van der Waals surface area contributed by atoms with Crippen molar-refractivity contribution in [1.29, 1.82) is 0 Å². The van der Waals surface area contributed by atoms with Gasteiger partial charge in [0.05, 0.1) is 24.6 Å². The number of thiazole rings is 1. The van der Waals surface area contributed by atoms with E-state index in [2.05, 4.69) is 15.4 Å². The third kappa shape index (κ3) is 3.21. The number of rotatable bonds is 4. The summed E-state index contributed by atoms with van der Waals surface area (Å²) >= 11 is 1.25. The van der Waals surface area contributed by atoms with Gasteiger partial charge >= 0.3 is 0 Å². The van der Waals surface area contributed by atoms with Crippen LogP contribution in [0.1, 0.15) is 10.4 Å². The molecule has 0 saturated heterocycles. The van der Waals surface area contributed by atoms with Crippen LogP contribution < -0.4 is 10.1 Å². The number of aryl methyl sites for hydroxylation is 1. The fourth-order valence-corrected chi connectivity index (χ4v) is 2.75. The number of methoxy groups -OCH3 is 1. The molecule has 118 valence electrons. The summed E-state index contributed by atoms with van der Waals surface area (Å²) in [4.78, 5) is 16.4. The highest BCUT2D eigenvalue weighted by molar-refractivity contribution is 7.14. The van der Waals surface area contributed by atoms with Gasteiger partial charge in [-0.05, 0) is 18.2 Å². The van der Waals surface area contributed by atoms with Gasteiger partial charge in [0.2, 0.25) is 0 Å². The Hall–Kier alpha value is -2.74. The molecular formula is C15H13FN4O2S. The van der Waals surface area contributed by atoms with Crippen LogP contribution in [0.5, 0.6) is 5.75 Å². The van der Waals surface area contributed by atoms with Gasteiger partial charge in [0, 0.05) is 24.2 Å². The van der Waals surface area contributed by atoms with E-state index in [1.54, 1.807) is 23.3 Å². The van der Waals surface area contributed by atoms with Crippen LogP contribution in [-0.2, 0) is 7.05 Å². The maximum absolute atomic E-state index is 13.5. The molecule has 1 amide bonds. The normalized spacial score (nSPS) is 10.6. The Bertz CT molecular complexity index is 859. The zero-order valence-electron chi connectivity index (χ0n) is 12.4. The summed E-state index contributed by atoms with van der Waals surface area (Å²) < 4.78 is 20.2. The van der Waals surface area contributed by atoms with E-state index in [1.165, 1.54) is 42.8 Å². The molecule has 23 heavy (non-hydrogen) atoms. The lowest BCUT2D eigenvalue weighted by atomic mass is 10.1. The molecule has 0 bridgehead atoms. The highest BCUT2D eigenvalue weighted by Crippen LogP contribution is 2.32. The van der Waals surface area contributed by atoms with E-state index in [9.17, 15) is 9.18 Å². The highest BCUT2D eigenvalue weighted by atomic mass is 32.1. The summed E-state index contributed by atoms with van der Waals surface area (Å²) in [7, 11) is 3.24. The second-order valence-electron chi connectivity index (χ2n) is 4.74. The van der Waals surface area contributed by atoms with Gasteiger partial charge < -0.3 is 4.74 Å². The molecule has 2 heterocycles. The third-order valence-corrected chi connectivity index (χ3v) is 3.89. The second-order valence-corrected chi connectivity index (χ2v) is 5.60. The standard InChI is InChI=1S/C15H13FN4O2S/c1-20-7-9(6-17-20)14(21)19-15-18-12(8-23-15)11-5-10(16)3-4-13(11)22-2/h3-8H,1-2H3,(H,18,19,21). The molecule has 0 aliphatic carbocycles. The molecule has 0 aliphatic rings. The Labute approximate surface area is 135 Å². The maximum Gasteiger partial charge on any atom is 0.260 e. The third-order valence-electron chi connectivity index (χ3n) is 3.13. The van der Waals surface area contributed by atoms with Crippen LogP contribution in [-0.4, -0.2) is 27.8 Å². The topological polar surface area (TPSA) is 69.0 Å². The fraction of sp³-hybridized carbons (Fsp3) is 0.133. The number of anilines is 1. The maximum atomic E-state index is 13.5. The lowest BCUT2D eigenvalue weighted by Gasteiger charge is -2.05. The van der Waals surface area contributed by atoms with Crippen LogP contribution in [0.15, 0.2) is 36.0 Å². The molecule has 3 rings (SSSR count). The Morgan fingerprint density at radius 1 is 1.43 bits per heavy atom. The van der Waals surface area contributed by atoms with E-state index < -0.39 is 0 Å². The quantitative estimate of drug-likeness (QED) is 0.797. The Balaban J connectivity index is 1.83. The molecule has 3 aromatic rings. The minimum Gasteiger partial charge on any atom is -0.496 e. The molecule has 0 spiro atoms. The van der Waals surface area contributed by atoms with Crippen molar-refractivity contribution in [3.63, 3.8) is 0 Å². The molecule has 0 unspecified atom stereocenters. The summed E-state index contributed by atoms with van der Waals surface area (Å²) in [6, 6.07) is 4.21. The van der Waals surface area contributed by atoms with Gasteiger partial charge in [0.25, 0.3) is 5.91 Å². The Kier molecular flexibility index (Phi) is 4.07. The van der Waals surface area contributed by atoms with Gasteiger partial charge in [0.1, 0.15) is 11.6 Å². The van der Waals surface area contributed by atoms with Crippen molar-refractivity contribution in [2.75, 3.05) is 12.4 Å². The largest absolute Gasteiger partial charge is 0.496 e. The van der Waals surface area contributed by atoms with Gasteiger partial charge in [-0.15, -0.1) is 11.3 Å². The monoisotopic (exact) mass is 332 g/mol. The number of amides is 1. The summed E-state index contributed by atoms with van der Waals surface area (Å²) in [5, 5.41) is 8.79. The number of nitrogens with one attached hydrogen (secondary N) is 1. The number of benzene rings is 1. The van der Waals surface area contributed by atoms with E-state index in [4.69, 9.17) is 4.74 Å². The van der Waals surface area contributed by atoms with Crippen LogP contribution in [0.2, 0.25) is 0 Å². The zero-order chi connectivity index (χ0) is 16.4. The molecular weight excluding hydrogens is 319 g/mol. The molecule has 1 aromatic carbocycles. The van der Waals surface area contributed by atoms with E-state index >= 15 is 0 Å². The fourth-order valence-electron chi connectivity index (χ4n) is 2.04. The van der Waals surface area contributed by atoms with Crippen molar-refractivity contribution in [3.8, 4) is 17.0 Å². The molecule has 8 heteroatoms. The minimum absolute atomic E-state index is 0.301. The predicted molar refractivity (Wildman–Crippen MR) is 85.2 cm³/mol. The summed E-state index contributed by atoms with van der Waals surface area (Å²) in [6.07, 6.45) is 3.08. The van der Waals surface area contributed by atoms with E-state index in [0.717, 1.165) is 0 Å². The average molecular weight is 332 g/mol. The smallest absolute Gasteiger partial charge is 0.260 e. The number of hydrogen-bond acceptors (Lipinski definition) is 5. The summed E-state index contributed by atoms with van der Waals surface area (Å²) in [6.45, 7) is 0. The predicted octanol–water partition coefficient (Wildman–Crippen LogP) is 2.94. The van der Waals surface area contributed by atoms with Crippen molar-refractivity contribution in [2.24, 2.45) is 7.05 Å². The Morgan fingerprint density at radius 2 is 2.26 bits per heavy atom.